The van der Waals surface area contributed by atoms with E-state index in [2.05, 4.69) is 54.3 Å². The summed E-state index contributed by atoms with van der Waals surface area (Å²) in [6.45, 7) is 3.22. The number of rotatable bonds is 5. The van der Waals surface area contributed by atoms with E-state index < -0.39 is 0 Å². The number of aryl methyl sites for hydroxylation is 2. The summed E-state index contributed by atoms with van der Waals surface area (Å²) in [6.07, 6.45) is 4.73. The van der Waals surface area contributed by atoms with Gasteiger partial charge in [0, 0.05) is 17.9 Å². The predicted molar refractivity (Wildman–Crippen MR) is 97.9 cm³/mol. The summed E-state index contributed by atoms with van der Waals surface area (Å²) in [5.74, 6) is -0.191. The monoisotopic (exact) mass is 323 g/mol. The normalized spacial score (nSPS) is 13.0. The standard InChI is InChI=1S/C21H25NO2/c1-3-4-13-22-19-8-6-5-7-17(19)11-12-18-10-9-16(14-20(18)22)15-21(23)24-2/h5-10,14H,3-4,11-13,15H2,1-2H3. The third kappa shape index (κ3) is 3.45. The fourth-order valence-corrected chi connectivity index (χ4v) is 3.36. The Morgan fingerprint density at radius 1 is 1.08 bits per heavy atom. The van der Waals surface area contributed by atoms with Crippen molar-refractivity contribution in [1.82, 2.24) is 0 Å². The maximum absolute atomic E-state index is 11.6. The summed E-state index contributed by atoms with van der Waals surface area (Å²) >= 11 is 0. The Bertz CT molecular complexity index is 724. The quantitative estimate of drug-likeness (QED) is 0.762. The fourth-order valence-electron chi connectivity index (χ4n) is 3.36. The number of hydrogen-bond acceptors (Lipinski definition) is 3. The van der Waals surface area contributed by atoms with E-state index in [1.54, 1.807) is 0 Å². The van der Waals surface area contributed by atoms with Crippen molar-refractivity contribution in [2.45, 2.75) is 39.0 Å². The average Bonchev–Trinajstić information content (AvgIpc) is 2.76. The van der Waals surface area contributed by atoms with Crippen molar-refractivity contribution in [3.05, 3.63) is 59.2 Å². The van der Waals surface area contributed by atoms with Crippen LogP contribution in [0.4, 0.5) is 11.4 Å². The Kier molecular flexibility index (Phi) is 5.19. The van der Waals surface area contributed by atoms with E-state index in [0.29, 0.717) is 6.42 Å². The number of nitrogens with zero attached hydrogens (tertiary/aromatic N) is 1. The average molecular weight is 323 g/mol. The van der Waals surface area contributed by atoms with Crippen molar-refractivity contribution in [1.29, 1.82) is 0 Å². The molecule has 2 aromatic rings. The van der Waals surface area contributed by atoms with Gasteiger partial charge in [-0.25, -0.2) is 0 Å². The molecule has 0 saturated heterocycles. The van der Waals surface area contributed by atoms with Gasteiger partial charge in [0.05, 0.1) is 13.5 Å². The molecule has 0 aliphatic carbocycles. The molecule has 3 rings (SSSR count). The Hall–Kier alpha value is -2.29. The van der Waals surface area contributed by atoms with E-state index in [1.165, 1.54) is 29.6 Å². The minimum Gasteiger partial charge on any atom is -0.469 e. The highest BCUT2D eigenvalue weighted by atomic mass is 16.5. The lowest BCUT2D eigenvalue weighted by molar-refractivity contribution is -0.139. The summed E-state index contributed by atoms with van der Waals surface area (Å²) < 4.78 is 4.82. The summed E-state index contributed by atoms with van der Waals surface area (Å²) in [6, 6.07) is 15.1. The maximum atomic E-state index is 11.6. The van der Waals surface area contributed by atoms with E-state index in [4.69, 9.17) is 4.74 Å². The molecule has 0 spiro atoms. The minimum absolute atomic E-state index is 0.191. The van der Waals surface area contributed by atoms with Crippen LogP contribution in [0.15, 0.2) is 42.5 Å². The van der Waals surface area contributed by atoms with E-state index in [1.807, 2.05) is 0 Å². The van der Waals surface area contributed by atoms with Crippen molar-refractivity contribution in [2.24, 2.45) is 0 Å². The van der Waals surface area contributed by atoms with Crippen LogP contribution in [-0.4, -0.2) is 19.6 Å². The van der Waals surface area contributed by atoms with Gasteiger partial charge in [-0.15, -0.1) is 0 Å². The lowest BCUT2D eigenvalue weighted by Gasteiger charge is -2.27. The zero-order valence-corrected chi connectivity index (χ0v) is 14.5. The lowest BCUT2D eigenvalue weighted by Crippen LogP contribution is -2.20. The molecule has 24 heavy (non-hydrogen) atoms. The molecule has 1 aliphatic rings. The second-order valence-electron chi connectivity index (χ2n) is 6.35. The highest BCUT2D eigenvalue weighted by Gasteiger charge is 2.20. The molecule has 0 radical (unpaired) electrons. The summed E-state index contributed by atoms with van der Waals surface area (Å²) in [5, 5.41) is 0. The molecular weight excluding hydrogens is 298 g/mol. The van der Waals surface area contributed by atoms with E-state index in [0.717, 1.165) is 37.8 Å². The molecule has 0 unspecified atom stereocenters. The largest absolute Gasteiger partial charge is 0.469 e. The molecule has 0 saturated carbocycles. The van der Waals surface area contributed by atoms with Gasteiger partial charge < -0.3 is 9.64 Å². The molecule has 0 amide bonds. The van der Waals surface area contributed by atoms with Crippen molar-refractivity contribution >= 4 is 17.3 Å². The van der Waals surface area contributed by atoms with Crippen LogP contribution in [0.1, 0.15) is 36.5 Å². The molecule has 3 nitrogen and oxygen atoms in total. The van der Waals surface area contributed by atoms with Crippen molar-refractivity contribution < 1.29 is 9.53 Å². The molecule has 0 aromatic heterocycles. The number of carbonyl (C=O) groups is 1. The molecule has 0 atom stereocenters. The number of ether oxygens (including phenoxy) is 1. The van der Waals surface area contributed by atoms with Crippen molar-refractivity contribution in [3.8, 4) is 0 Å². The molecule has 0 bridgehead atoms. The first-order chi connectivity index (χ1) is 11.7. The Morgan fingerprint density at radius 3 is 2.58 bits per heavy atom. The number of hydrogen-bond donors (Lipinski definition) is 0. The maximum Gasteiger partial charge on any atom is 0.309 e. The van der Waals surface area contributed by atoms with Gasteiger partial charge in [-0.3, -0.25) is 4.79 Å². The highest BCUT2D eigenvalue weighted by Crippen LogP contribution is 2.36. The summed E-state index contributed by atoms with van der Waals surface area (Å²) in [5.41, 5.74) is 6.33. The van der Waals surface area contributed by atoms with Crippen molar-refractivity contribution in [2.75, 3.05) is 18.6 Å². The molecule has 1 heterocycles. The molecule has 1 aliphatic heterocycles. The van der Waals surface area contributed by atoms with Gasteiger partial charge in [0.1, 0.15) is 0 Å². The Labute approximate surface area is 144 Å². The number of unbranched alkanes of at least 4 members (excludes halogenated alkanes) is 1. The number of benzene rings is 2. The summed E-state index contributed by atoms with van der Waals surface area (Å²) in [7, 11) is 1.44. The van der Waals surface area contributed by atoms with Crippen LogP contribution < -0.4 is 4.90 Å². The van der Waals surface area contributed by atoms with Crippen LogP contribution in [-0.2, 0) is 28.8 Å². The number of fused-ring (bicyclic) bond motifs is 2. The van der Waals surface area contributed by atoms with Crippen LogP contribution in [0.3, 0.4) is 0 Å². The fraction of sp³-hybridized carbons (Fsp3) is 0.381. The zero-order chi connectivity index (χ0) is 16.9. The van der Waals surface area contributed by atoms with Gasteiger partial charge >= 0.3 is 5.97 Å². The van der Waals surface area contributed by atoms with Crippen LogP contribution in [0.5, 0.6) is 0 Å². The lowest BCUT2D eigenvalue weighted by atomic mass is 10.0. The molecule has 0 fully saturated rings. The number of esters is 1. The van der Waals surface area contributed by atoms with Gasteiger partial charge in [-0.05, 0) is 48.1 Å². The molecule has 2 aromatic carbocycles. The second-order valence-corrected chi connectivity index (χ2v) is 6.35. The first kappa shape index (κ1) is 16.6. The van der Waals surface area contributed by atoms with Gasteiger partial charge in [0.15, 0.2) is 0 Å². The highest BCUT2D eigenvalue weighted by molar-refractivity contribution is 5.75. The molecule has 126 valence electrons. The Morgan fingerprint density at radius 2 is 1.83 bits per heavy atom. The van der Waals surface area contributed by atoms with Crippen LogP contribution in [0, 0.1) is 0 Å². The summed E-state index contributed by atoms with van der Waals surface area (Å²) in [4.78, 5) is 14.1. The number of methoxy groups -OCH3 is 1. The zero-order valence-electron chi connectivity index (χ0n) is 14.5. The van der Waals surface area contributed by atoms with Gasteiger partial charge in [-0.2, -0.15) is 0 Å². The van der Waals surface area contributed by atoms with Gasteiger partial charge in [0.2, 0.25) is 0 Å². The SMILES string of the molecule is CCCCN1c2ccccc2CCc2ccc(CC(=O)OC)cc21. The number of para-hydroxylation sites is 1. The van der Waals surface area contributed by atoms with E-state index in [9.17, 15) is 4.79 Å². The third-order valence-corrected chi connectivity index (χ3v) is 4.70. The van der Waals surface area contributed by atoms with Gasteiger partial charge in [0.25, 0.3) is 0 Å². The predicted octanol–water partition coefficient (Wildman–Crippen LogP) is 4.44. The third-order valence-electron chi connectivity index (χ3n) is 4.70. The van der Waals surface area contributed by atoms with Crippen LogP contribution in [0.2, 0.25) is 0 Å². The number of anilines is 2. The van der Waals surface area contributed by atoms with E-state index >= 15 is 0 Å². The second kappa shape index (κ2) is 7.52. The van der Waals surface area contributed by atoms with Crippen LogP contribution >= 0.6 is 0 Å². The van der Waals surface area contributed by atoms with E-state index in [-0.39, 0.29) is 5.97 Å². The van der Waals surface area contributed by atoms with Crippen LogP contribution in [0.25, 0.3) is 0 Å². The molecule has 3 heteroatoms. The first-order valence-corrected chi connectivity index (χ1v) is 8.77. The van der Waals surface area contributed by atoms with Crippen molar-refractivity contribution in [3.63, 3.8) is 0 Å². The molecule has 0 N–H and O–H groups in total. The number of carbonyl (C=O) groups excluding carboxylic acids is 1. The smallest absolute Gasteiger partial charge is 0.309 e. The first-order valence-electron chi connectivity index (χ1n) is 8.77. The topological polar surface area (TPSA) is 29.5 Å². The minimum atomic E-state index is -0.191. The Balaban J connectivity index is 2.02. The van der Waals surface area contributed by atoms with Gasteiger partial charge in [-0.1, -0.05) is 43.7 Å². The molecular formula is C21H25NO2.